The minimum Gasteiger partial charge on any atom is -0.304 e. The summed E-state index contributed by atoms with van der Waals surface area (Å²) in [7, 11) is 0. The molecule has 3 heteroatoms. The first-order valence-corrected chi connectivity index (χ1v) is 8.15. The van der Waals surface area contributed by atoms with Crippen LogP contribution in [-0.4, -0.2) is 11.8 Å². The average Bonchev–Trinajstić information content (AvgIpc) is 2.74. The topological polar surface area (TPSA) is 20.3 Å². The largest absolute Gasteiger partial charge is 0.304 e. The van der Waals surface area contributed by atoms with E-state index in [1.807, 2.05) is 55.1 Å². The molecule has 1 amide bonds. The minimum absolute atomic E-state index is 0.0193. The highest BCUT2D eigenvalue weighted by Crippen LogP contribution is 2.46. The zero-order valence-electron chi connectivity index (χ0n) is 12.9. The van der Waals surface area contributed by atoms with Crippen LogP contribution in [0, 0.1) is 0 Å². The number of halogens is 1. The van der Waals surface area contributed by atoms with Crippen molar-refractivity contribution < 1.29 is 4.79 Å². The van der Waals surface area contributed by atoms with Crippen LogP contribution in [0.25, 0.3) is 0 Å². The van der Waals surface area contributed by atoms with Gasteiger partial charge in [0.15, 0.2) is 0 Å². The number of fused-ring (bicyclic) bond motifs is 1. The highest BCUT2D eigenvalue weighted by atomic mass is 35.5. The predicted octanol–water partition coefficient (Wildman–Crippen LogP) is 4.68. The molecule has 0 radical (unpaired) electrons. The number of amides is 1. The fourth-order valence-electron chi connectivity index (χ4n) is 3.27. The number of rotatable bonds is 4. The van der Waals surface area contributed by atoms with Crippen molar-refractivity contribution in [2.24, 2.45) is 0 Å². The van der Waals surface area contributed by atoms with Crippen LogP contribution in [-0.2, 0) is 10.2 Å². The van der Waals surface area contributed by atoms with Gasteiger partial charge in [-0.3, -0.25) is 4.79 Å². The molecule has 114 valence electrons. The Morgan fingerprint density at radius 1 is 1.05 bits per heavy atom. The lowest BCUT2D eigenvalue weighted by Crippen LogP contribution is -2.39. The van der Waals surface area contributed by atoms with E-state index >= 15 is 0 Å². The van der Waals surface area contributed by atoms with Crippen LogP contribution >= 0.6 is 11.6 Å². The number of para-hydroxylation sites is 1. The Hall–Kier alpha value is -1.80. The molecular formula is C19H20ClNO. The van der Waals surface area contributed by atoms with Gasteiger partial charge in [0.1, 0.15) is 0 Å². The molecule has 2 aromatic rings. The van der Waals surface area contributed by atoms with E-state index in [1.54, 1.807) is 0 Å². The highest BCUT2D eigenvalue weighted by Gasteiger charge is 2.46. The number of carbonyl (C=O) groups is 1. The van der Waals surface area contributed by atoms with Gasteiger partial charge in [-0.05, 0) is 37.5 Å². The fraction of sp³-hybridized carbons (Fsp3) is 0.316. The van der Waals surface area contributed by atoms with Crippen LogP contribution in [0.3, 0.4) is 0 Å². The van der Waals surface area contributed by atoms with Crippen LogP contribution in [0.15, 0.2) is 54.6 Å². The summed E-state index contributed by atoms with van der Waals surface area (Å²) < 4.78 is 0. The van der Waals surface area contributed by atoms with Gasteiger partial charge in [0, 0.05) is 11.6 Å². The normalized spacial score (nSPS) is 17.4. The lowest BCUT2D eigenvalue weighted by Gasteiger charge is -2.30. The molecule has 0 unspecified atom stereocenters. The smallest absolute Gasteiger partial charge is 0.237 e. The molecule has 2 nitrogen and oxygen atoms in total. The third kappa shape index (κ3) is 2.32. The Kier molecular flexibility index (Phi) is 3.96. The standard InChI is InChI=1S/C19H20ClNO/c1-19(2)15-10-6-7-11-17(15)21(18(19)22)16(12-13-20)14-8-4-3-5-9-14/h3-11,16H,12-13H2,1-2H3/t16-/m1/s1. The van der Waals surface area contributed by atoms with Crippen molar-refractivity contribution in [3.63, 3.8) is 0 Å². The van der Waals surface area contributed by atoms with Gasteiger partial charge in [-0.2, -0.15) is 0 Å². The van der Waals surface area contributed by atoms with Crippen molar-refractivity contribution in [3.05, 3.63) is 65.7 Å². The molecule has 2 aromatic carbocycles. The number of alkyl halides is 1. The quantitative estimate of drug-likeness (QED) is 0.750. The first-order valence-electron chi connectivity index (χ1n) is 7.61. The zero-order chi connectivity index (χ0) is 15.7. The third-order valence-corrected chi connectivity index (χ3v) is 4.69. The second-order valence-electron chi connectivity index (χ2n) is 6.22. The molecule has 0 aromatic heterocycles. The number of anilines is 1. The molecule has 0 bridgehead atoms. The monoisotopic (exact) mass is 313 g/mol. The van der Waals surface area contributed by atoms with E-state index in [0.29, 0.717) is 5.88 Å². The molecule has 0 spiro atoms. The maximum atomic E-state index is 13.1. The second-order valence-corrected chi connectivity index (χ2v) is 6.60. The number of hydrogen-bond donors (Lipinski definition) is 0. The molecule has 0 N–H and O–H groups in total. The van der Waals surface area contributed by atoms with Crippen LogP contribution in [0.4, 0.5) is 5.69 Å². The number of nitrogens with zero attached hydrogens (tertiary/aromatic N) is 1. The Labute approximate surface area is 136 Å². The van der Waals surface area contributed by atoms with E-state index < -0.39 is 5.41 Å². The molecule has 1 heterocycles. The molecular weight excluding hydrogens is 294 g/mol. The van der Waals surface area contributed by atoms with Crippen molar-refractivity contribution in [1.82, 2.24) is 0 Å². The van der Waals surface area contributed by atoms with Gasteiger partial charge in [-0.1, -0.05) is 48.5 Å². The number of hydrogen-bond acceptors (Lipinski definition) is 1. The van der Waals surface area contributed by atoms with E-state index in [4.69, 9.17) is 11.6 Å². The molecule has 1 aliphatic heterocycles. The first kappa shape index (κ1) is 15.1. The molecule has 0 aliphatic carbocycles. The summed E-state index contributed by atoms with van der Waals surface area (Å²) in [5.74, 6) is 0.666. The van der Waals surface area contributed by atoms with Gasteiger partial charge in [-0.15, -0.1) is 11.6 Å². The molecule has 0 saturated heterocycles. The van der Waals surface area contributed by atoms with E-state index in [-0.39, 0.29) is 11.9 Å². The van der Waals surface area contributed by atoms with E-state index in [9.17, 15) is 4.79 Å². The Morgan fingerprint density at radius 2 is 1.68 bits per heavy atom. The lowest BCUT2D eigenvalue weighted by atomic mass is 9.86. The summed E-state index contributed by atoms with van der Waals surface area (Å²) in [6.45, 7) is 3.99. The van der Waals surface area contributed by atoms with E-state index in [2.05, 4.69) is 18.2 Å². The molecule has 0 saturated carbocycles. The van der Waals surface area contributed by atoms with E-state index in [1.165, 1.54) is 0 Å². The second kappa shape index (κ2) is 5.77. The van der Waals surface area contributed by atoms with E-state index in [0.717, 1.165) is 23.2 Å². The van der Waals surface area contributed by atoms with Gasteiger partial charge in [0.25, 0.3) is 0 Å². The highest BCUT2D eigenvalue weighted by molar-refractivity contribution is 6.18. The maximum Gasteiger partial charge on any atom is 0.237 e. The predicted molar refractivity (Wildman–Crippen MR) is 91.5 cm³/mol. The van der Waals surface area contributed by atoms with Crippen molar-refractivity contribution in [2.45, 2.75) is 31.7 Å². The van der Waals surface area contributed by atoms with Gasteiger partial charge < -0.3 is 4.90 Å². The fourth-order valence-corrected chi connectivity index (χ4v) is 3.48. The van der Waals surface area contributed by atoms with Crippen LogP contribution in [0.1, 0.15) is 37.4 Å². The molecule has 0 fully saturated rings. The van der Waals surface area contributed by atoms with Crippen molar-refractivity contribution in [3.8, 4) is 0 Å². The Bertz CT molecular complexity index is 681. The van der Waals surface area contributed by atoms with Gasteiger partial charge in [-0.25, -0.2) is 0 Å². The number of carbonyl (C=O) groups excluding carboxylic acids is 1. The molecule has 1 atom stereocenters. The minimum atomic E-state index is -0.490. The van der Waals surface area contributed by atoms with Gasteiger partial charge in [0.05, 0.1) is 11.5 Å². The molecule has 22 heavy (non-hydrogen) atoms. The van der Waals surface area contributed by atoms with Crippen molar-refractivity contribution in [2.75, 3.05) is 10.8 Å². The molecule has 1 aliphatic rings. The van der Waals surface area contributed by atoms with Crippen LogP contribution in [0.5, 0.6) is 0 Å². The maximum absolute atomic E-state index is 13.1. The summed E-state index contributed by atoms with van der Waals surface area (Å²) in [5, 5.41) is 0. The van der Waals surface area contributed by atoms with Crippen LogP contribution in [0.2, 0.25) is 0 Å². The Morgan fingerprint density at radius 3 is 2.36 bits per heavy atom. The third-order valence-electron chi connectivity index (χ3n) is 4.47. The average molecular weight is 314 g/mol. The summed E-state index contributed by atoms with van der Waals surface area (Å²) in [4.78, 5) is 15.0. The van der Waals surface area contributed by atoms with Gasteiger partial charge >= 0.3 is 0 Å². The zero-order valence-corrected chi connectivity index (χ0v) is 13.7. The lowest BCUT2D eigenvalue weighted by molar-refractivity contribution is -0.122. The van der Waals surface area contributed by atoms with Crippen molar-refractivity contribution >= 4 is 23.2 Å². The van der Waals surface area contributed by atoms with Crippen LogP contribution < -0.4 is 4.90 Å². The number of benzene rings is 2. The first-order chi connectivity index (χ1) is 10.6. The SMILES string of the molecule is CC1(C)C(=O)N([C@H](CCCl)c2ccccc2)c2ccccc21. The molecule has 3 rings (SSSR count). The summed E-state index contributed by atoms with van der Waals surface area (Å²) in [6.07, 6.45) is 0.738. The summed E-state index contributed by atoms with van der Waals surface area (Å²) >= 11 is 6.03. The Balaban J connectivity index is 2.11. The van der Waals surface area contributed by atoms with Gasteiger partial charge in [0.2, 0.25) is 5.91 Å². The summed E-state index contributed by atoms with van der Waals surface area (Å²) in [5.41, 5.74) is 2.74. The van der Waals surface area contributed by atoms with Crippen molar-refractivity contribution in [1.29, 1.82) is 0 Å². The summed E-state index contributed by atoms with van der Waals surface area (Å²) in [6, 6.07) is 18.2.